The lowest BCUT2D eigenvalue weighted by atomic mass is 10.2. The van der Waals surface area contributed by atoms with Gasteiger partial charge < -0.3 is 32.1 Å². The fourth-order valence-electron chi connectivity index (χ4n) is 3.89. The van der Waals surface area contributed by atoms with Gasteiger partial charge in [-0.1, -0.05) is 36.4 Å². The lowest BCUT2D eigenvalue weighted by molar-refractivity contribution is 0.381. The first-order chi connectivity index (χ1) is 17.4. The third-order valence-corrected chi connectivity index (χ3v) is 5.27. The fourth-order valence-corrected chi connectivity index (χ4v) is 3.89. The molecule has 12 nitrogen and oxygen atoms in total. The van der Waals surface area contributed by atoms with E-state index < -0.39 is 10.4 Å². The van der Waals surface area contributed by atoms with E-state index in [1.807, 2.05) is 24.3 Å². The number of rotatable bonds is 6. The topological polar surface area (TPSA) is 213 Å². The second kappa shape index (κ2) is 13.3. The van der Waals surface area contributed by atoms with Gasteiger partial charge in [0.2, 0.25) is 0 Å². The molecular weight excluding hydrogens is 496 g/mol. The molecule has 4 aromatic rings. The zero-order valence-electron chi connectivity index (χ0n) is 20.8. The monoisotopic (exact) mass is 530 g/mol. The molecule has 0 unspecified atom stereocenters. The Morgan fingerprint density at radius 1 is 0.730 bits per heavy atom. The molecule has 13 heteroatoms. The maximum atomic E-state index is 8.74. The van der Waals surface area contributed by atoms with Crippen molar-refractivity contribution in [3.8, 4) is 0 Å². The maximum absolute atomic E-state index is 8.74. The molecule has 2 aromatic heterocycles. The van der Waals surface area contributed by atoms with Crippen molar-refractivity contribution in [1.82, 2.24) is 9.13 Å². The summed E-state index contributed by atoms with van der Waals surface area (Å²) in [6.45, 7) is 7.14. The summed E-state index contributed by atoms with van der Waals surface area (Å²) in [5.41, 5.74) is 26.1. The molecule has 2 aromatic carbocycles. The zero-order valence-corrected chi connectivity index (χ0v) is 21.6. The SMILES string of the molecule is CCn1c(CN=C(N)N)cc2ccccc21.CCn1c(CN=C(N)N)cc2ccccc21.O=S(=O)(O)O. The molecule has 0 atom stereocenters. The predicted molar refractivity (Wildman–Crippen MR) is 148 cm³/mol. The smallest absolute Gasteiger partial charge is 0.370 e. The number of guanidine groups is 2. The normalized spacial score (nSPS) is 10.7. The van der Waals surface area contributed by atoms with Crippen molar-refractivity contribution in [3.05, 3.63) is 72.1 Å². The number of aryl methyl sites for hydroxylation is 2. The second-order valence-electron chi connectivity index (χ2n) is 7.81. The van der Waals surface area contributed by atoms with E-state index in [4.69, 9.17) is 40.5 Å². The van der Waals surface area contributed by atoms with Crippen molar-refractivity contribution in [2.75, 3.05) is 0 Å². The van der Waals surface area contributed by atoms with Crippen molar-refractivity contribution < 1.29 is 17.5 Å². The number of hydrogen-bond donors (Lipinski definition) is 6. The van der Waals surface area contributed by atoms with Gasteiger partial charge in [0.15, 0.2) is 11.9 Å². The van der Waals surface area contributed by atoms with Gasteiger partial charge in [0.05, 0.1) is 13.1 Å². The number of aliphatic imine (C=N–C) groups is 2. The highest BCUT2D eigenvalue weighted by Crippen LogP contribution is 2.21. The lowest BCUT2D eigenvalue weighted by Gasteiger charge is -2.05. The Morgan fingerprint density at radius 2 is 1.05 bits per heavy atom. The number of aromatic nitrogens is 2. The summed E-state index contributed by atoms with van der Waals surface area (Å²) in [5.74, 6) is 0.265. The quantitative estimate of drug-likeness (QED) is 0.123. The van der Waals surface area contributed by atoms with Crippen LogP contribution in [0.2, 0.25) is 0 Å². The maximum Gasteiger partial charge on any atom is 0.394 e. The first-order valence-corrected chi connectivity index (χ1v) is 12.8. The van der Waals surface area contributed by atoms with Crippen molar-refractivity contribution in [2.45, 2.75) is 40.0 Å². The van der Waals surface area contributed by atoms with Gasteiger partial charge in [0.1, 0.15) is 0 Å². The summed E-state index contributed by atoms with van der Waals surface area (Å²) in [5, 5.41) is 2.45. The molecule has 0 aliphatic heterocycles. The first kappa shape index (κ1) is 29.2. The van der Waals surface area contributed by atoms with Crippen LogP contribution in [-0.2, 0) is 36.6 Å². The van der Waals surface area contributed by atoms with E-state index in [1.54, 1.807) is 0 Å². The Bertz CT molecular complexity index is 1380. The Balaban J connectivity index is 0.000000221. The minimum Gasteiger partial charge on any atom is -0.370 e. The zero-order chi connectivity index (χ0) is 27.6. The highest BCUT2D eigenvalue weighted by atomic mass is 32.3. The van der Waals surface area contributed by atoms with E-state index in [9.17, 15) is 0 Å². The third kappa shape index (κ3) is 9.14. The first-order valence-electron chi connectivity index (χ1n) is 11.4. The Morgan fingerprint density at radius 3 is 1.35 bits per heavy atom. The Labute approximate surface area is 215 Å². The van der Waals surface area contributed by atoms with Gasteiger partial charge in [0.25, 0.3) is 0 Å². The molecule has 0 fully saturated rings. The summed E-state index contributed by atoms with van der Waals surface area (Å²) in [4.78, 5) is 8.10. The molecule has 0 radical (unpaired) electrons. The fraction of sp³-hybridized carbons (Fsp3) is 0.250. The average molecular weight is 531 g/mol. The summed E-state index contributed by atoms with van der Waals surface area (Å²) in [7, 11) is -4.67. The molecule has 10 N–H and O–H groups in total. The van der Waals surface area contributed by atoms with E-state index in [2.05, 4.69) is 69.4 Å². The largest absolute Gasteiger partial charge is 0.394 e. The molecule has 0 amide bonds. The van der Waals surface area contributed by atoms with Gasteiger partial charge >= 0.3 is 10.4 Å². The Kier molecular flexibility index (Phi) is 10.5. The van der Waals surface area contributed by atoms with Gasteiger partial charge in [-0.05, 0) is 48.9 Å². The van der Waals surface area contributed by atoms with Gasteiger partial charge in [-0.2, -0.15) is 8.42 Å². The molecule has 0 saturated heterocycles. The number of para-hydroxylation sites is 2. The summed E-state index contributed by atoms with van der Waals surface area (Å²) in [6.07, 6.45) is 0. The van der Waals surface area contributed by atoms with Crippen LogP contribution < -0.4 is 22.9 Å². The number of benzene rings is 2. The molecule has 0 spiro atoms. The number of nitrogens with two attached hydrogens (primary N) is 4. The van der Waals surface area contributed by atoms with Crippen LogP contribution in [0, 0.1) is 0 Å². The van der Waals surface area contributed by atoms with Crippen LogP contribution in [0.15, 0.2) is 70.6 Å². The van der Waals surface area contributed by atoms with Crippen LogP contribution in [0.5, 0.6) is 0 Å². The molecule has 2 heterocycles. The average Bonchev–Trinajstić information content (AvgIpc) is 3.37. The molecule has 4 rings (SSSR count). The minimum absolute atomic E-state index is 0.132. The van der Waals surface area contributed by atoms with Crippen LogP contribution in [-0.4, -0.2) is 38.6 Å². The van der Waals surface area contributed by atoms with E-state index in [0.29, 0.717) is 13.1 Å². The van der Waals surface area contributed by atoms with Gasteiger partial charge in [-0.25, -0.2) is 9.98 Å². The van der Waals surface area contributed by atoms with Crippen molar-refractivity contribution in [1.29, 1.82) is 0 Å². The van der Waals surface area contributed by atoms with Gasteiger partial charge in [-0.15, -0.1) is 0 Å². The van der Waals surface area contributed by atoms with Crippen LogP contribution in [0.4, 0.5) is 0 Å². The van der Waals surface area contributed by atoms with E-state index in [1.165, 1.54) is 21.8 Å². The van der Waals surface area contributed by atoms with Gasteiger partial charge in [-0.3, -0.25) is 9.11 Å². The third-order valence-electron chi connectivity index (χ3n) is 5.27. The summed E-state index contributed by atoms with van der Waals surface area (Å²) in [6, 6.07) is 20.8. The van der Waals surface area contributed by atoms with Gasteiger partial charge in [0, 0.05) is 35.5 Å². The molecule has 0 aliphatic carbocycles. The number of nitrogens with zero attached hydrogens (tertiary/aromatic N) is 4. The standard InChI is InChI=1S/2C12H16N4.H2O4S/c2*1-2-16-10(8-15-12(13)14)7-9-5-3-4-6-11(9)16;1-5(2,3)4/h2*3-7H,2,8H2,1H3,(H4,13,14,15);(H2,1,2,3,4). The van der Waals surface area contributed by atoms with Crippen molar-refractivity contribution in [3.63, 3.8) is 0 Å². The molecule has 37 heavy (non-hydrogen) atoms. The predicted octanol–water partition coefficient (Wildman–Crippen LogP) is 2.22. The van der Waals surface area contributed by atoms with E-state index >= 15 is 0 Å². The highest BCUT2D eigenvalue weighted by Gasteiger charge is 2.07. The molecule has 0 bridgehead atoms. The molecule has 0 aliphatic rings. The summed E-state index contributed by atoms with van der Waals surface area (Å²) < 4.78 is 36.0. The molecule has 0 saturated carbocycles. The highest BCUT2D eigenvalue weighted by molar-refractivity contribution is 7.79. The minimum atomic E-state index is -4.67. The van der Waals surface area contributed by atoms with Crippen LogP contribution in [0.1, 0.15) is 25.2 Å². The number of fused-ring (bicyclic) bond motifs is 2. The van der Waals surface area contributed by atoms with Crippen LogP contribution in [0.25, 0.3) is 21.8 Å². The van der Waals surface area contributed by atoms with E-state index in [-0.39, 0.29) is 11.9 Å². The van der Waals surface area contributed by atoms with Crippen LogP contribution >= 0.6 is 0 Å². The number of hydrogen-bond acceptors (Lipinski definition) is 4. The lowest BCUT2D eigenvalue weighted by Crippen LogP contribution is -2.22. The molecule has 200 valence electrons. The van der Waals surface area contributed by atoms with Crippen molar-refractivity contribution >= 4 is 44.1 Å². The summed E-state index contributed by atoms with van der Waals surface area (Å²) >= 11 is 0. The van der Waals surface area contributed by atoms with E-state index in [0.717, 1.165) is 24.5 Å². The second-order valence-corrected chi connectivity index (χ2v) is 8.70. The van der Waals surface area contributed by atoms with Crippen molar-refractivity contribution in [2.24, 2.45) is 32.9 Å². The Hall–Kier alpha value is -4.07. The molecular formula is C24H34N8O4S. The van der Waals surface area contributed by atoms with Crippen LogP contribution in [0.3, 0.4) is 0 Å².